The van der Waals surface area contributed by atoms with Gasteiger partial charge in [-0.2, -0.15) is 0 Å². The van der Waals surface area contributed by atoms with Crippen LogP contribution in [0, 0.1) is 0 Å². The Morgan fingerprint density at radius 1 is 0.870 bits per heavy atom. The number of phenolic OH excluding ortho intramolecular Hbond substituents is 1. The lowest BCUT2D eigenvalue weighted by molar-refractivity contribution is -0.271. The van der Waals surface area contributed by atoms with Gasteiger partial charge < -0.3 is 39.7 Å². The first-order valence-corrected chi connectivity index (χ1v) is 16.0. The summed E-state index contributed by atoms with van der Waals surface area (Å²) in [5, 5.41) is 50.4. The first-order valence-electron chi connectivity index (χ1n) is 15.1. The zero-order chi connectivity index (χ0) is 32.4. The number of hydrogen-bond acceptors (Lipinski definition) is 11. The number of rotatable bonds is 10. The number of carbonyl (C=O) groups excluding carboxylic acids is 1. The molecule has 3 heterocycles. The van der Waals surface area contributed by atoms with Crippen molar-refractivity contribution >= 4 is 33.2 Å². The molecule has 0 bridgehead atoms. The largest absolute Gasteiger partial charge is 0.508 e. The average Bonchev–Trinajstić information content (AvgIpc) is 3.44. The molecule has 2 aliphatic heterocycles. The van der Waals surface area contributed by atoms with Crippen LogP contribution in [0.4, 0.5) is 0 Å². The molecule has 0 radical (unpaired) electrons. The molecule has 11 nitrogen and oxygen atoms in total. The highest BCUT2D eigenvalue weighted by Crippen LogP contribution is 2.42. The number of ether oxygens (including phenoxy) is 3. The smallest absolute Gasteiger partial charge is 0.335 e. The molecule has 4 aromatic rings. The van der Waals surface area contributed by atoms with Crippen molar-refractivity contribution in [2.75, 3.05) is 26.2 Å². The predicted octanol–water partition coefficient (Wildman–Crippen LogP) is 3.64. The number of ketones is 1. The third kappa shape index (κ3) is 6.73. The van der Waals surface area contributed by atoms with Crippen molar-refractivity contribution < 1.29 is 49.3 Å². The fourth-order valence-corrected chi connectivity index (χ4v) is 7.03. The van der Waals surface area contributed by atoms with Crippen molar-refractivity contribution in [3.63, 3.8) is 0 Å². The Balaban J connectivity index is 1.26. The minimum atomic E-state index is -1.84. The summed E-state index contributed by atoms with van der Waals surface area (Å²) < 4.78 is 17.6. The summed E-state index contributed by atoms with van der Waals surface area (Å²) in [6.45, 7) is 3.61. The van der Waals surface area contributed by atoms with E-state index in [0.29, 0.717) is 38.4 Å². The summed E-state index contributed by atoms with van der Waals surface area (Å²) in [7, 11) is 0. The summed E-state index contributed by atoms with van der Waals surface area (Å²) >= 11 is 1.32. The van der Waals surface area contributed by atoms with Crippen molar-refractivity contribution in [1.29, 1.82) is 0 Å². The maximum absolute atomic E-state index is 14.0. The number of phenols is 1. The number of carboxylic acids is 1. The van der Waals surface area contributed by atoms with Gasteiger partial charge in [-0.3, -0.25) is 9.69 Å². The predicted molar refractivity (Wildman–Crippen MR) is 170 cm³/mol. The summed E-state index contributed by atoms with van der Waals surface area (Å²) in [6.07, 6.45) is -5.02. The summed E-state index contributed by atoms with van der Waals surface area (Å²) in [5.41, 5.74) is 1.64. The zero-order valence-corrected chi connectivity index (χ0v) is 25.6. The van der Waals surface area contributed by atoms with Crippen molar-refractivity contribution in [3.05, 3.63) is 77.9 Å². The van der Waals surface area contributed by atoms with E-state index in [1.807, 2.05) is 0 Å². The van der Waals surface area contributed by atoms with Crippen LogP contribution in [0.15, 0.2) is 66.7 Å². The third-order valence-electron chi connectivity index (χ3n) is 8.32. The second-order valence-corrected chi connectivity index (χ2v) is 12.5. The lowest BCUT2D eigenvalue weighted by Crippen LogP contribution is -2.61. The fraction of sp³-hybridized carbons (Fsp3) is 0.353. The lowest BCUT2D eigenvalue weighted by atomic mass is 9.97. The molecule has 1 aromatic heterocycles. The summed E-state index contributed by atoms with van der Waals surface area (Å²) in [6, 6.07) is 18.4. The van der Waals surface area contributed by atoms with Gasteiger partial charge in [0.1, 0.15) is 42.2 Å². The van der Waals surface area contributed by atoms with Crippen molar-refractivity contribution in [2.45, 2.75) is 50.0 Å². The molecular formula is C34H35NO10S. The minimum Gasteiger partial charge on any atom is -0.508 e. The lowest BCUT2D eigenvalue weighted by Gasteiger charge is -2.38. The Bertz CT molecular complexity index is 1680. The Morgan fingerprint density at radius 3 is 2.26 bits per heavy atom. The molecule has 0 aliphatic carbocycles. The second-order valence-electron chi connectivity index (χ2n) is 11.5. The number of nitrogens with zero attached hydrogens (tertiary/aromatic N) is 1. The van der Waals surface area contributed by atoms with Crippen LogP contribution in [0.5, 0.6) is 17.2 Å². The van der Waals surface area contributed by atoms with Crippen LogP contribution >= 0.6 is 11.3 Å². The van der Waals surface area contributed by atoms with Crippen LogP contribution in [-0.2, 0) is 9.53 Å². The summed E-state index contributed by atoms with van der Waals surface area (Å²) in [4.78, 5) is 28.6. The summed E-state index contributed by atoms with van der Waals surface area (Å²) in [5.74, 6) is -0.774. The minimum absolute atomic E-state index is 0.0855. The molecular weight excluding hydrogens is 614 g/mol. The van der Waals surface area contributed by atoms with E-state index in [1.165, 1.54) is 30.6 Å². The van der Waals surface area contributed by atoms with E-state index in [4.69, 9.17) is 14.2 Å². The first-order chi connectivity index (χ1) is 22.2. The van der Waals surface area contributed by atoms with Gasteiger partial charge in [-0.05, 0) is 98.2 Å². The molecule has 2 fully saturated rings. The van der Waals surface area contributed by atoms with E-state index in [9.17, 15) is 35.1 Å². The normalized spacial score (nSPS) is 23.7. The molecule has 2 saturated heterocycles. The first kappa shape index (κ1) is 31.9. The van der Waals surface area contributed by atoms with Crippen molar-refractivity contribution in [2.24, 2.45) is 0 Å². The van der Waals surface area contributed by atoms with E-state index in [2.05, 4.69) is 4.90 Å². The molecule has 46 heavy (non-hydrogen) atoms. The van der Waals surface area contributed by atoms with Crippen LogP contribution in [0.1, 0.15) is 35.2 Å². The van der Waals surface area contributed by atoms with Gasteiger partial charge >= 0.3 is 5.97 Å². The van der Waals surface area contributed by atoms with Gasteiger partial charge in [-0.15, -0.1) is 11.3 Å². The van der Waals surface area contributed by atoms with Crippen LogP contribution in [0.3, 0.4) is 0 Å². The monoisotopic (exact) mass is 649 g/mol. The SMILES string of the molecule is O=C(c1ccc(OCCN2CCCCC2)cc1)c1c(-c2ccc(O)cc2)sc2cc(O[C@@H]3OC(C(=O)O)[C@@H](O)[C@H](O)[C@@H]3O)ccc12. The molecule has 6 rings (SSSR count). The number of hydrogen-bond donors (Lipinski definition) is 5. The second kappa shape index (κ2) is 13.8. The number of aliphatic hydroxyl groups excluding tert-OH is 3. The number of aliphatic carboxylic acids is 1. The Hall–Kier alpha value is -4.04. The number of piperidine rings is 1. The highest BCUT2D eigenvalue weighted by atomic mass is 32.1. The topological polar surface area (TPSA) is 166 Å². The molecule has 1 unspecified atom stereocenters. The molecule has 3 aromatic carbocycles. The molecule has 0 spiro atoms. The number of thiophene rings is 1. The molecule has 0 amide bonds. The zero-order valence-electron chi connectivity index (χ0n) is 24.8. The number of aromatic hydroxyl groups is 1. The van der Waals surface area contributed by atoms with Gasteiger partial charge in [0.05, 0.1) is 0 Å². The van der Waals surface area contributed by atoms with E-state index < -0.39 is 36.7 Å². The number of fused-ring (bicyclic) bond motifs is 1. The van der Waals surface area contributed by atoms with Crippen LogP contribution in [0.2, 0.25) is 0 Å². The maximum atomic E-state index is 14.0. The van der Waals surface area contributed by atoms with Gasteiger partial charge in [0.15, 0.2) is 11.9 Å². The van der Waals surface area contributed by atoms with Crippen molar-refractivity contribution in [1.82, 2.24) is 4.90 Å². The van der Waals surface area contributed by atoms with Crippen molar-refractivity contribution in [3.8, 4) is 27.7 Å². The standard InChI is InChI=1S/C34H35NO10S/c36-21-8-4-20(5-9-21)32-26(27(37)19-6-10-22(11-7-19)43-17-16-35-14-2-1-3-15-35)24-13-12-23(18-25(24)46-32)44-34-30(40)28(38)29(39)31(45-34)33(41)42/h4-13,18,28-31,34,36,38-40H,1-3,14-17H2,(H,41,42)/t28-,29-,30-,31?,34+/m0/s1. The maximum Gasteiger partial charge on any atom is 0.335 e. The van der Waals surface area contributed by atoms with Gasteiger partial charge in [-0.1, -0.05) is 6.42 Å². The Morgan fingerprint density at radius 2 is 1.57 bits per heavy atom. The van der Waals surface area contributed by atoms with Crippen LogP contribution < -0.4 is 9.47 Å². The van der Waals surface area contributed by atoms with Crippen LogP contribution in [0.25, 0.3) is 20.5 Å². The quantitative estimate of drug-likeness (QED) is 0.159. The number of carboxylic acid groups (broad SMARTS) is 1. The number of aliphatic hydroxyl groups is 3. The van der Waals surface area contributed by atoms with E-state index in [-0.39, 0.29) is 17.3 Å². The number of likely N-dealkylation sites (tertiary alicyclic amines) is 1. The highest BCUT2D eigenvalue weighted by Gasteiger charge is 2.48. The molecule has 0 saturated carbocycles. The molecule has 2 aliphatic rings. The van der Waals surface area contributed by atoms with E-state index in [0.717, 1.165) is 25.2 Å². The highest BCUT2D eigenvalue weighted by molar-refractivity contribution is 7.22. The van der Waals surface area contributed by atoms with Gasteiger partial charge in [0.25, 0.3) is 0 Å². The van der Waals surface area contributed by atoms with E-state index >= 15 is 0 Å². The van der Waals surface area contributed by atoms with Crippen LogP contribution in [-0.4, -0.2) is 99.1 Å². The molecule has 242 valence electrons. The van der Waals surface area contributed by atoms with Gasteiger partial charge in [0, 0.05) is 32.6 Å². The number of benzene rings is 3. The molecule has 5 atom stereocenters. The molecule has 5 N–H and O–H groups in total. The Labute approximate surface area is 268 Å². The number of carbonyl (C=O) groups is 2. The van der Waals surface area contributed by atoms with E-state index in [1.54, 1.807) is 66.7 Å². The average molecular weight is 650 g/mol. The Kier molecular flexibility index (Phi) is 9.54. The van der Waals surface area contributed by atoms with Gasteiger partial charge in [0.2, 0.25) is 6.29 Å². The third-order valence-corrected chi connectivity index (χ3v) is 9.53. The molecule has 12 heteroatoms. The van der Waals surface area contributed by atoms with Gasteiger partial charge in [-0.25, -0.2) is 4.79 Å². The fourth-order valence-electron chi connectivity index (χ4n) is 5.80.